The first-order valence-electron chi connectivity index (χ1n) is 9.98. The zero-order valence-corrected chi connectivity index (χ0v) is 19.5. The van der Waals surface area contributed by atoms with Crippen LogP contribution in [0.5, 0.6) is 0 Å². The highest BCUT2D eigenvalue weighted by molar-refractivity contribution is 7.99. The summed E-state index contributed by atoms with van der Waals surface area (Å²) in [5, 5.41) is 11.9. The molecule has 0 saturated heterocycles. The first kappa shape index (κ1) is 24.1. The largest absolute Gasteiger partial charge is 0.416 e. The molecular weight excluding hydrogens is 491 g/mol. The van der Waals surface area contributed by atoms with E-state index in [1.807, 2.05) is 0 Å². The zero-order chi connectivity index (χ0) is 25.2. The molecule has 0 radical (unpaired) electrons. The average Bonchev–Trinajstić information content (AvgIpc) is 2.67. The van der Waals surface area contributed by atoms with Gasteiger partial charge in [-0.05, 0) is 77.1 Å². The van der Waals surface area contributed by atoms with Crippen LogP contribution in [-0.4, -0.2) is 36.2 Å². The summed E-state index contributed by atoms with van der Waals surface area (Å²) in [4.78, 5) is 12.9. The molecule has 2 bridgehead atoms. The normalized spacial score (nSPS) is 25.1. The summed E-state index contributed by atoms with van der Waals surface area (Å²) >= 11 is 0. The van der Waals surface area contributed by atoms with Crippen molar-refractivity contribution in [2.75, 3.05) is 11.0 Å². The number of benzene rings is 2. The molecular formula is C22H20F3N3O4S2. The number of amides is 1. The highest BCUT2D eigenvalue weighted by atomic mass is 32.2. The van der Waals surface area contributed by atoms with Crippen LogP contribution in [0.4, 0.5) is 18.9 Å². The minimum absolute atomic E-state index is 0.279. The van der Waals surface area contributed by atoms with E-state index in [4.69, 9.17) is 5.26 Å². The Morgan fingerprint density at radius 2 is 1.62 bits per heavy atom. The lowest BCUT2D eigenvalue weighted by Crippen LogP contribution is -2.74. The molecule has 0 aromatic heterocycles. The maximum atomic E-state index is 13.3. The van der Waals surface area contributed by atoms with Crippen LogP contribution >= 0.6 is 0 Å². The van der Waals surface area contributed by atoms with Crippen molar-refractivity contribution in [1.29, 1.82) is 5.26 Å². The van der Waals surface area contributed by atoms with Crippen LogP contribution in [0, 0.1) is 16.7 Å². The van der Waals surface area contributed by atoms with E-state index in [2.05, 4.69) is 22.0 Å². The molecule has 1 atom stereocenters. The van der Waals surface area contributed by atoms with Crippen LogP contribution in [0.3, 0.4) is 0 Å². The number of nitriles is 1. The molecule has 180 valence electrons. The van der Waals surface area contributed by atoms with Crippen molar-refractivity contribution >= 4 is 37.0 Å². The van der Waals surface area contributed by atoms with Gasteiger partial charge in [-0.1, -0.05) is 0 Å². The number of sulfonamides is 1. The molecule has 12 heteroatoms. The second-order valence-corrected chi connectivity index (χ2v) is 13.2. The monoisotopic (exact) mass is 511 g/mol. The number of hydrogen-bond donors (Lipinski definition) is 2. The first-order chi connectivity index (χ1) is 15.6. The van der Waals surface area contributed by atoms with Gasteiger partial charge in [-0.15, -0.1) is 0 Å². The minimum atomic E-state index is -4.76. The van der Waals surface area contributed by atoms with Gasteiger partial charge < -0.3 is 5.32 Å². The highest BCUT2D eigenvalue weighted by Gasteiger charge is 2.69. The number of hydrogen-bond acceptors (Lipinski definition) is 5. The van der Waals surface area contributed by atoms with Gasteiger partial charge in [0.05, 0.1) is 33.2 Å². The quantitative estimate of drug-likeness (QED) is 0.577. The van der Waals surface area contributed by atoms with Crippen LogP contribution in [0.25, 0.3) is 0 Å². The molecule has 0 aliphatic heterocycles. The Kier molecular flexibility index (Phi) is 5.30. The molecule has 3 aliphatic rings. The Morgan fingerprint density at radius 3 is 2.12 bits per heavy atom. The van der Waals surface area contributed by atoms with E-state index in [1.54, 1.807) is 0 Å². The number of anilines is 1. The molecule has 0 spiro atoms. The van der Waals surface area contributed by atoms with Crippen molar-refractivity contribution in [2.24, 2.45) is 5.41 Å². The van der Waals surface area contributed by atoms with E-state index in [0.717, 1.165) is 18.2 Å². The topological polar surface area (TPSA) is 116 Å². The van der Waals surface area contributed by atoms with Gasteiger partial charge in [-0.25, -0.2) is 8.42 Å². The smallest absolute Gasteiger partial charge is 0.346 e. The third kappa shape index (κ3) is 4.25. The van der Waals surface area contributed by atoms with Crippen LogP contribution in [0.15, 0.2) is 52.3 Å². The Bertz CT molecular complexity index is 1420. The summed E-state index contributed by atoms with van der Waals surface area (Å²) in [5.41, 5.74) is -3.00. The Labute approximate surface area is 195 Å². The molecule has 1 amide bonds. The van der Waals surface area contributed by atoms with E-state index >= 15 is 0 Å². The van der Waals surface area contributed by atoms with Gasteiger partial charge in [0.1, 0.15) is 0 Å². The molecule has 3 fully saturated rings. The predicted molar refractivity (Wildman–Crippen MR) is 120 cm³/mol. The van der Waals surface area contributed by atoms with Gasteiger partial charge >= 0.3 is 6.18 Å². The summed E-state index contributed by atoms with van der Waals surface area (Å²) in [6, 6.07) is 9.29. The lowest BCUT2D eigenvalue weighted by molar-refractivity contribution is -0.137. The second kappa shape index (κ2) is 7.48. The van der Waals surface area contributed by atoms with Crippen molar-refractivity contribution in [3.8, 4) is 6.07 Å². The van der Waals surface area contributed by atoms with Crippen LogP contribution < -0.4 is 10.0 Å². The zero-order valence-electron chi connectivity index (χ0n) is 17.9. The van der Waals surface area contributed by atoms with E-state index in [-0.39, 0.29) is 10.5 Å². The van der Waals surface area contributed by atoms with Crippen molar-refractivity contribution in [3.05, 3.63) is 53.6 Å². The van der Waals surface area contributed by atoms with Crippen LogP contribution in [-0.2, 0) is 25.7 Å². The summed E-state index contributed by atoms with van der Waals surface area (Å²) in [5.74, 6) is 2.77. The fourth-order valence-corrected chi connectivity index (χ4v) is 6.24. The van der Waals surface area contributed by atoms with Crippen molar-refractivity contribution in [2.45, 2.75) is 40.8 Å². The Morgan fingerprint density at radius 1 is 1.06 bits per heavy atom. The predicted octanol–water partition coefficient (Wildman–Crippen LogP) is 3.39. The number of nitrogens with one attached hydrogen (secondary N) is 2. The number of carbonyl (C=O) groups excluding carboxylic acids is 1. The van der Waals surface area contributed by atoms with E-state index in [9.17, 15) is 30.6 Å². The first-order valence-corrected chi connectivity index (χ1v) is 13.6. The summed E-state index contributed by atoms with van der Waals surface area (Å²) < 4.78 is 79.8. The molecule has 7 nitrogen and oxygen atoms in total. The third-order valence-electron chi connectivity index (χ3n) is 6.11. The van der Waals surface area contributed by atoms with Gasteiger partial charge in [0.15, 0.2) is 0 Å². The molecule has 1 unspecified atom stereocenters. The maximum absolute atomic E-state index is 13.3. The third-order valence-corrected chi connectivity index (χ3v) is 8.77. The standard InChI is InChI=1S/C22H20F3N3O4S2/c1-33(2,30)15-4-6-16(7-5-15)34(31,32)28-18-9-14(22(23,24)25)3-8-17(18)19(29)27-21-10-20(11-21,12-21)13-26/h3-9,28H,1,10-12H2,2H3,(H,27,29). The van der Waals surface area contributed by atoms with Crippen molar-refractivity contribution in [1.82, 2.24) is 5.32 Å². The minimum Gasteiger partial charge on any atom is -0.346 e. The molecule has 2 aromatic carbocycles. The molecule has 3 aliphatic carbocycles. The van der Waals surface area contributed by atoms with Gasteiger partial charge in [0.2, 0.25) is 0 Å². The van der Waals surface area contributed by atoms with Crippen molar-refractivity contribution < 1.29 is 30.6 Å². The second-order valence-electron chi connectivity index (χ2n) is 9.00. The fraction of sp³-hybridized carbons (Fsp3) is 0.318. The van der Waals surface area contributed by atoms with Crippen molar-refractivity contribution in [3.63, 3.8) is 0 Å². The highest BCUT2D eigenvalue weighted by Crippen LogP contribution is 2.66. The lowest BCUT2D eigenvalue weighted by atomic mass is 9.40. The van der Waals surface area contributed by atoms with Gasteiger partial charge in [0, 0.05) is 16.7 Å². The summed E-state index contributed by atoms with van der Waals surface area (Å²) in [7, 11) is -6.98. The Balaban J connectivity index is 1.65. The Hall–Kier alpha value is -3.04. The number of carbonyl (C=O) groups is 1. The number of rotatable bonds is 6. The molecule has 2 aromatic rings. The molecule has 2 N–H and O–H groups in total. The van der Waals surface area contributed by atoms with E-state index in [0.29, 0.717) is 36.3 Å². The summed E-state index contributed by atoms with van der Waals surface area (Å²) in [6.07, 6.45) is -2.04. The SMILES string of the molecule is C=S(C)(=O)c1ccc(S(=O)(=O)Nc2cc(C(F)(F)F)ccc2C(=O)NC23CC(C#N)(C2)C3)cc1. The van der Waals surface area contributed by atoms with E-state index < -0.39 is 53.8 Å². The number of nitrogens with zero attached hydrogens (tertiary/aromatic N) is 1. The lowest BCUT2D eigenvalue weighted by Gasteiger charge is -2.66. The maximum Gasteiger partial charge on any atom is 0.416 e. The summed E-state index contributed by atoms with van der Waals surface area (Å²) in [6.45, 7) is 0. The van der Waals surface area contributed by atoms with Gasteiger partial charge in [-0.3, -0.25) is 13.7 Å². The van der Waals surface area contributed by atoms with Gasteiger partial charge in [-0.2, -0.15) is 18.4 Å². The van der Waals surface area contributed by atoms with Gasteiger partial charge in [0.25, 0.3) is 15.9 Å². The number of halogens is 3. The molecule has 5 rings (SSSR count). The van der Waals surface area contributed by atoms with E-state index in [1.165, 1.54) is 18.4 Å². The van der Waals surface area contributed by atoms with Crippen LogP contribution in [0.2, 0.25) is 0 Å². The molecule has 34 heavy (non-hydrogen) atoms. The molecule has 0 heterocycles. The average molecular weight is 512 g/mol. The number of alkyl halides is 3. The molecule has 3 saturated carbocycles. The van der Waals surface area contributed by atoms with Crippen LogP contribution in [0.1, 0.15) is 35.2 Å². The fourth-order valence-electron chi connectivity index (χ4n) is 4.46.